The monoisotopic (exact) mass is 239 g/mol. The molecule has 71 valence electrons. The highest BCUT2D eigenvalue weighted by Crippen LogP contribution is 2.31. The summed E-state index contributed by atoms with van der Waals surface area (Å²) in [6, 6.07) is 0. The molecule has 0 N–H and O–H groups in total. The molecule has 3 heteroatoms. The highest BCUT2D eigenvalue weighted by atomic mass is 79.9. The molecular formula is C9H14BrF2. The third-order valence-electron chi connectivity index (χ3n) is 2.35. The molecule has 1 radical (unpaired) electrons. The Balaban J connectivity index is 2.34. The van der Waals surface area contributed by atoms with Gasteiger partial charge in [0.15, 0.2) is 0 Å². The number of alkyl halides is 3. The Kier molecular flexibility index (Phi) is 4.47. The van der Waals surface area contributed by atoms with Crippen LogP contribution in [-0.4, -0.2) is 11.3 Å². The quantitative estimate of drug-likeness (QED) is 0.609. The van der Waals surface area contributed by atoms with Crippen LogP contribution in [0.4, 0.5) is 8.78 Å². The van der Waals surface area contributed by atoms with Crippen LogP contribution < -0.4 is 0 Å². The molecule has 1 atom stereocenters. The molecule has 0 spiro atoms. The number of halogens is 3. The zero-order valence-electron chi connectivity index (χ0n) is 7.03. The van der Waals surface area contributed by atoms with Crippen LogP contribution in [0.1, 0.15) is 38.5 Å². The van der Waals surface area contributed by atoms with E-state index in [0.29, 0.717) is 23.6 Å². The second-order valence-electron chi connectivity index (χ2n) is 3.34. The van der Waals surface area contributed by atoms with E-state index in [4.69, 9.17) is 0 Å². The first kappa shape index (κ1) is 10.4. The third-order valence-corrected chi connectivity index (χ3v) is 3.27. The second kappa shape index (κ2) is 5.15. The highest BCUT2D eigenvalue weighted by Gasteiger charge is 2.23. The summed E-state index contributed by atoms with van der Waals surface area (Å²) in [7, 11) is 0. The van der Waals surface area contributed by atoms with Crippen LogP contribution in [0.3, 0.4) is 0 Å². The van der Waals surface area contributed by atoms with Gasteiger partial charge in [-0.25, -0.2) is 8.78 Å². The van der Waals surface area contributed by atoms with E-state index >= 15 is 0 Å². The maximum Gasteiger partial charge on any atom is 0.244 e. The topological polar surface area (TPSA) is 0 Å². The summed E-state index contributed by atoms with van der Waals surface area (Å²) in [4.78, 5) is 0.451. The maximum absolute atomic E-state index is 12.3. The standard InChI is InChI=1S/C9H14BrF2/c10-8-4-2-1-3-7(5-6-8)9(11)12/h8-9H,1-6H2. The Labute approximate surface area is 80.9 Å². The lowest BCUT2D eigenvalue weighted by Gasteiger charge is -2.20. The molecule has 0 aromatic rings. The van der Waals surface area contributed by atoms with E-state index in [1.54, 1.807) is 0 Å². The molecule has 1 aliphatic rings. The molecule has 1 rings (SSSR count). The molecule has 0 aromatic carbocycles. The summed E-state index contributed by atoms with van der Waals surface area (Å²) >= 11 is 3.49. The molecule has 0 amide bonds. The van der Waals surface area contributed by atoms with Crippen molar-refractivity contribution < 1.29 is 8.78 Å². The number of rotatable bonds is 1. The zero-order valence-corrected chi connectivity index (χ0v) is 8.62. The van der Waals surface area contributed by atoms with Crippen LogP contribution >= 0.6 is 15.9 Å². The summed E-state index contributed by atoms with van der Waals surface area (Å²) in [5.74, 6) is 0.458. The summed E-state index contributed by atoms with van der Waals surface area (Å²) in [5.41, 5.74) is 0. The first-order valence-corrected chi connectivity index (χ1v) is 5.38. The Bertz CT molecular complexity index is 128. The van der Waals surface area contributed by atoms with Crippen LogP contribution in [-0.2, 0) is 0 Å². The van der Waals surface area contributed by atoms with E-state index in [-0.39, 0.29) is 0 Å². The predicted octanol–water partition coefficient (Wildman–Crippen LogP) is 3.94. The van der Waals surface area contributed by atoms with Crippen LogP contribution in [0.5, 0.6) is 0 Å². The fraction of sp³-hybridized carbons (Fsp3) is 0.889. The normalized spacial score (nSPS) is 28.5. The summed E-state index contributed by atoms with van der Waals surface area (Å²) in [5, 5.41) is 0. The molecule has 1 aliphatic carbocycles. The van der Waals surface area contributed by atoms with Gasteiger partial charge >= 0.3 is 0 Å². The van der Waals surface area contributed by atoms with Crippen LogP contribution in [0.2, 0.25) is 0 Å². The van der Waals surface area contributed by atoms with Crippen molar-refractivity contribution in [1.82, 2.24) is 0 Å². The van der Waals surface area contributed by atoms with Crippen molar-refractivity contribution >= 4 is 15.9 Å². The molecule has 0 aliphatic heterocycles. The summed E-state index contributed by atoms with van der Waals surface area (Å²) in [6.45, 7) is 0. The lowest BCUT2D eigenvalue weighted by Crippen LogP contribution is -2.14. The van der Waals surface area contributed by atoms with E-state index in [0.717, 1.165) is 25.7 Å². The largest absolute Gasteiger partial charge is 0.244 e. The fourth-order valence-electron chi connectivity index (χ4n) is 1.55. The van der Waals surface area contributed by atoms with Gasteiger partial charge in [0.25, 0.3) is 0 Å². The predicted molar refractivity (Wildman–Crippen MR) is 49.7 cm³/mol. The van der Waals surface area contributed by atoms with E-state index in [9.17, 15) is 8.78 Å². The summed E-state index contributed by atoms with van der Waals surface area (Å²) in [6.07, 6.45) is 3.07. The van der Waals surface area contributed by atoms with Crippen LogP contribution in [0.15, 0.2) is 0 Å². The highest BCUT2D eigenvalue weighted by molar-refractivity contribution is 9.09. The lowest BCUT2D eigenvalue weighted by molar-refractivity contribution is 0.147. The number of hydrogen-bond acceptors (Lipinski definition) is 0. The van der Waals surface area contributed by atoms with Gasteiger partial charge in [0.2, 0.25) is 6.43 Å². The summed E-state index contributed by atoms with van der Waals surface area (Å²) < 4.78 is 24.6. The molecule has 1 fully saturated rings. The molecule has 0 bridgehead atoms. The smallest absolute Gasteiger partial charge is 0.210 e. The Morgan fingerprint density at radius 3 is 2.58 bits per heavy atom. The van der Waals surface area contributed by atoms with E-state index in [1.165, 1.54) is 0 Å². The van der Waals surface area contributed by atoms with Gasteiger partial charge in [0, 0.05) is 10.7 Å². The fourth-order valence-corrected chi connectivity index (χ4v) is 2.10. The van der Waals surface area contributed by atoms with Gasteiger partial charge < -0.3 is 0 Å². The first-order valence-electron chi connectivity index (χ1n) is 4.47. The molecule has 0 nitrogen and oxygen atoms in total. The molecular weight excluding hydrogens is 226 g/mol. The van der Waals surface area contributed by atoms with E-state index < -0.39 is 6.43 Å². The SMILES string of the molecule is FC(F)[C]1CCCCC(Br)CC1. The van der Waals surface area contributed by atoms with Gasteiger partial charge in [-0.15, -0.1) is 0 Å². The van der Waals surface area contributed by atoms with Crippen LogP contribution in [0.25, 0.3) is 0 Å². The third kappa shape index (κ3) is 3.38. The Morgan fingerprint density at radius 1 is 1.17 bits per heavy atom. The average Bonchev–Trinajstić information content (AvgIpc) is 1.97. The van der Waals surface area contributed by atoms with Crippen molar-refractivity contribution in [2.75, 3.05) is 0 Å². The van der Waals surface area contributed by atoms with Gasteiger partial charge in [-0.1, -0.05) is 28.8 Å². The van der Waals surface area contributed by atoms with Gasteiger partial charge in [0.1, 0.15) is 0 Å². The zero-order chi connectivity index (χ0) is 8.97. The van der Waals surface area contributed by atoms with Gasteiger partial charge in [0.05, 0.1) is 0 Å². The van der Waals surface area contributed by atoms with Crippen molar-refractivity contribution in [2.45, 2.75) is 49.8 Å². The first-order chi connectivity index (χ1) is 5.70. The minimum atomic E-state index is -2.19. The maximum atomic E-state index is 12.3. The van der Waals surface area contributed by atoms with Crippen LogP contribution in [0, 0.1) is 5.92 Å². The van der Waals surface area contributed by atoms with E-state index in [1.807, 2.05) is 0 Å². The number of hydrogen-bond donors (Lipinski definition) is 0. The van der Waals surface area contributed by atoms with Crippen molar-refractivity contribution in [3.8, 4) is 0 Å². The molecule has 1 saturated carbocycles. The van der Waals surface area contributed by atoms with Crippen molar-refractivity contribution in [1.29, 1.82) is 0 Å². The van der Waals surface area contributed by atoms with Crippen molar-refractivity contribution in [3.63, 3.8) is 0 Å². The van der Waals surface area contributed by atoms with Gasteiger partial charge in [-0.2, -0.15) is 0 Å². The van der Waals surface area contributed by atoms with Crippen molar-refractivity contribution in [2.24, 2.45) is 0 Å². The molecule has 0 aromatic heterocycles. The lowest BCUT2D eigenvalue weighted by atomic mass is 9.91. The Hall–Kier alpha value is 0.340. The van der Waals surface area contributed by atoms with Crippen molar-refractivity contribution in [3.05, 3.63) is 5.92 Å². The molecule has 0 saturated heterocycles. The molecule has 1 unspecified atom stereocenters. The minimum Gasteiger partial charge on any atom is -0.210 e. The minimum absolute atomic E-state index is 0.451. The Morgan fingerprint density at radius 2 is 1.92 bits per heavy atom. The van der Waals surface area contributed by atoms with Gasteiger partial charge in [-0.05, 0) is 25.7 Å². The van der Waals surface area contributed by atoms with Gasteiger partial charge in [-0.3, -0.25) is 0 Å². The van der Waals surface area contributed by atoms with E-state index in [2.05, 4.69) is 15.9 Å². The average molecular weight is 240 g/mol. The molecule has 0 heterocycles. The second-order valence-corrected chi connectivity index (χ2v) is 4.64. The molecule has 12 heavy (non-hydrogen) atoms.